The molecule has 0 N–H and O–H groups in total. The van der Waals surface area contributed by atoms with E-state index >= 15 is 0 Å². The molecule has 0 saturated carbocycles. The Bertz CT molecular complexity index is 866. The number of rotatable bonds is 6. The van der Waals surface area contributed by atoms with Gasteiger partial charge in [-0.3, -0.25) is 4.31 Å². The second kappa shape index (κ2) is 7.47. The van der Waals surface area contributed by atoms with Crippen molar-refractivity contribution in [1.29, 1.82) is 0 Å². The third-order valence-corrected chi connectivity index (χ3v) is 5.86. The van der Waals surface area contributed by atoms with Gasteiger partial charge in [0.05, 0.1) is 24.4 Å². The molecule has 0 aromatic heterocycles. The average molecular weight is 386 g/mol. The number of methoxy groups -OCH3 is 1. The summed E-state index contributed by atoms with van der Waals surface area (Å²) >= 11 is 12.0. The molecule has 24 heavy (non-hydrogen) atoms. The SMILES string of the molecule is C=CCN(c1cc(C)ccc1OC)S(=O)(=O)c1cc(Cl)ccc1Cl. The van der Waals surface area contributed by atoms with Gasteiger partial charge >= 0.3 is 0 Å². The highest BCUT2D eigenvalue weighted by molar-refractivity contribution is 7.93. The van der Waals surface area contributed by atoms with Crippen LogP contribution in [0.15, 0.2) is 53.9 Å². The van der Waals surface area contributed by atoms with Crippen LogP contribution in [0.4, 0.5) is 5.69 Å². The third kappa shape index (κ3) is 3.69. The molecule has 0 amide bonds. The topological polar surface area (TPSA) is 46.6 Å². The zero-order valence-corrected chi connectivity index (χ0v) is 15.6. The van der Waals surface area contributed by atoms with Crippen LogP contribution in [0, 0.1) is 6.92 Å². The monoisotopic (exact) mass is 385 g/mol. The average Bonchev–Trinajstić information content (AvgIpc) is 2.54. The first-order valence-electron chi connectivity index (χ1n) is 7.04. The summed E-state index contributed by atoms with van der Waals surface area (Å²) in [6, 6.07) is 9.61. The summed E-state index contributed by atoms with van der Waals surface area (Å²) in [6.45, 7) is 5.57. The molecule has 0 heterocycles. The number of nitrogens with zero attached hydrogens (tertiary/aromatic N) is 1. The van der Waals surface area contributed by atoms with Crippen molar-refractivity contribution in [2.24, 2.45) is 0 Å². The number of anilines is 1. The molecule has 0 saturated heterocycles. The van der Waals surface area contributed by atoms with Crippen LogP contribution in [0.3, 0.4) is 0 Å². The van der Waals surface area contributed by atoms with E-state index in [4.69, 9.17) is 27.9 Å². The Hall–Kier alpha value is -1.69. The van der Waals surface area contributed by atoms with Gasteiger partial charge in [0.1, 0.15) is 10.6 Å². The summed E-state index contributed by atoms with van der Waals surface area (Å²) in [5.41, 5.74) is 1.31. The molecule has 0 spiro atoms. The Morgan fingerprint density at radius 3 is 2.54 bits per heavy atom. The number of benzene rings is 2. The first-order valence-corrected chi connectivity index (χ1v) is 9.24. The summed E-state index contributed by atoms with van der Waals surface area (Å²) in [4.78, 5) is -0.0675. The van der Waals surface area contributed by atoms with Crippen LogP contribution in [0.5, 0.6) is 5.75 Å². The standard InChI is InChI=1S/C17H17Cl2NO3S/c1-4-9-20(15-10-12(2)5-8-16(15)23-3)24(21,22)17-11-13(18)6-7-14(17)19/h4-8,10-11H,1,9H2,2-3H3. The number of halogens is 2. The molecule has 0 radical (unpaired) electrons. The minimum absolute atomic E-state index is 0.0605. The van der Waals surface area contributed by atoms with Gasteiger partial charge < -0.3 is 4.74 Å². The van der Waals surface area contributed by atoms with Crippen LogP contribution < -0.4 is 9.04 Å². The van der Waals surface area contributed by atoms with E-state index in [0.717, 1.165) is 5.56 Å². The second-order valence-electron chi connectivity index (χ2n) is 5.07. The minimum atomic E-state index is -3.95. The molecule has 2 aromatic rings. The van der Waals surface area contributed by atoms with E-state index in [2.05, 4.69) is 6.58 Å². The summed E-state index contributed by atoms with van der Waals surface area (Å²) in [5, 5.41) is 0.382. The largest absolute Gasteiger partial charge is 0.495 e. The molecule has 0 aliphatic rings. The van der Waals surface area contributed by atoms with Crippen molar-refractivity contribution >= 4 is 38.9 Å². The maximum Gasteiger partial charge on any atom is 0.266 e. The zero-order chi connectivity index (χ0) is 17.9. The molecule has 0 atom stereocenters. The summed E-state index contributed by atoms with van der Waals surface area (Å²) < 4.78 is 32.8. The van der Waals surface area contributed by atoms with Gasteiger partial charge in [-0.25, -0.2) is 8.42 Å². The predicted molar refractivity (Wildman–Crippen MR) is 98.9 cm³/mol. The molecule has 0 unspecified atom stereocenters. The molecule has 0 bridgehead atoms. The van der Waals surface area contributed by atoms with Crippen LogP contribution in [-0.4, -0.2) is 22.1 Å². The van der Waals surface area contributed by atoms with Crippen molar-refractivity contribution in [2.45, 2.75) is 11.8 Å². The molecule has 2 rings (SSSR count). The van der Waals surface area contributed by atoms with E-state index in [1.807, 2.05) is 13.0 Å². The Morgan fingerprint density at radius 2 is 1.92 bits per heavy atom. The molecule has 128 valence electrons. The first kappa shape index (κ1) is 18.6. The quantitative estimate of drug-likeness (QED) is 0.677. The fourth-order valence-corrected chi connectivity index (χ4v) is 4.41. The number of ether oxygens (including phenoxy) is 1. The molecule has 7 heteroatoms. The lowest BCUT2D eigenvalue weighted by Crippen LogP contribution is -2.31. The fraction of sp³-hybridized carbons (Fsp3) is 0.176. The van der Waals surface area contributed by atoms with Gasteiger partial charge in [0.25, 0.3) is 10.0 Å². The highest BCUT2D eigenvalue weighted by Crippen LogP contribution is 2.35. The maximum atomic E-state index is 13.2. The predicted octanol–water partition coefficient (Wildman–Crippen LogP) is 4.69. The number of aryl methyl sites for hydroxylation is 1. The van der Waals surface area contributed by atoms with Gasteiger partial charge in [0.15, 0.2) is 0 Å². The van der Waals surface area contributed by atoms with Gasteiger partial charge in [0.2, 0.25) is 0 Å². The molecule has 0 aliphatic heterocycles. The molecule has 4 nitrogen and oxygen atoms in total. The van der Waals surface area contributed by atoms with Crippen LogP contribution in [0.1, 0.15) is 5.56 Å². The van der Waals surface area contributed by atoms with E-state index in [0.29, 0.717) is 11.4 Å². The molecule has 0 aliphatic carbocycles. The Morgan fingerprint density at radius 1 is 1.21 bits per heavy atom. The van der Waals surface area contributed by atoms with Gasteiger partial charge in [-0.2, -0.15) is 0 Å². The molecular weight excluding hydrogens is 369 g/mol. The Balaban J connectivity index is 2.69. The van der Waals surface area contributed by atoms with Crippen molar-refractivity contribution in [3.05, 3.63) is 64.7 Å². The Kier molecular flexibility index (Phi) is 5.80. The lowest BCUT2D eigenvalue weighted by atomic mass is 10.2. The van der Waals surface area contributed by atoms with Gasteiger partial charge in [-0.1, -0.05) is 35.3 Å². The van der Waals surface area contributed by atoms with E-state index < -0.39 is 10.0 Å². The number of sulfonamides is 1. The third-order valence-electron chi connectivity index (χ3n) is 3.36. The second-order valence-corrected chi connectivity index (χ2v) is 7.75. The van der Waals surface area contributed by atoms with E-state index in [1.165, 1.54) is 35.7 Å². The first-order chi connectivity index (χ1) is 11.3. The van der Waals surface area contributed by atoms with Crippen molar-refractivity contribution in [2.75, 3.05) is 18.0 Å². The highest BCUT2D eigenvalue weighted by Gasteiger charge is 2.28. The Labute approximate surface area is 152 Å². The lowest BCUT2D eigenvalue weighted by Gasteiger charge is -2.25. The summed E-state index contributed by atoms with van der Waals surface area (Å²) in [5.74, 6) is 0.434. The van der Waals surface area contributed by atoms with Crippen LogP contribution >= 0.6 is 23.2 Å². The molecular formula is C17H17Cl2NO3S. The van der Waals surface area contributed by atoms with E-state index in [-0.39, 0.29) is 21.5 Å². The van der Waals surface area contributed by atoms with Crippen molar-refractivity contribution in [1.82, 2.24) is 0 Å². The smallest absolute Gasteiger partial charge is 0.266 e. The molecule has 2 aromatic carbocycles. The summed E-state index contributed by atoms with van der Waals surface area (Å²) in [6.07, 6.45) is 1.50. The van der Waals surface area contributed by atoms with Gasteiger partial charge in [0, 0.05) is 5.02 Å². The van der Waals surface area contributed by atoms with Gasteiger partial charge in [-0.15, -0.1) is 6.58 Å². The number of hydrogen-bond acceptors (Lipinski definition) is 3. The van der Waals surface area contributed by atoms with Crippen LogP contribution in [0.2, 0.25) is 10.0 Å². The fourth-order valence-electron chi connectivity index (χ4n) is 2.23. The van der Waals surface area contributed by atoms with E-state index in [1.54, 1.807) is 12.1 Å². The maximum absolute atomic E-state index is 13.2. The van der Waals surface area contributed by atoms with Gasteiger partial charge in [-0.05, 0) is 42.8 Å². The van der Waals surface area contributed by atoms with Crippen LogP contribution in [-0.2, 0) is 10.0 Å². The summed E-state index contributed by atoms with van der Waals surface area (Å²) in [7, 11) is -2.47. The van der Waals surface area contributed by atoms with Crippen LogP contribution in [0.25, 0.3) is 0 Å². The highest BCUT2D eigenvalue weighted by atomic mass is 35.5. The lowest BCUT2D eigenvalue weighted by molar-refractivity contribution is 0.415. The zero-order valence-electron chi connectivity index (χ0n) is 13.3. The number of hydrogen-bond donors (Lipinski definition) is 0. The van der Waals surface area contributed by atoms with Crippen molar-refractivity contribution in [3.8, 4) is 5.75 Å². The molecule has 0 fully saturated rings. The van der Waals surface area contributed by atoms with Crippen molar-refractivity contribution < 1.29 is 13.2 Å². The minimum Gasteiger partial charge on any atom is -0.495 e. The van der Waals surface area contributed by atoms with Crippen molar-refractivity contribution in [3.63, 3.8) is 0 Å². The van der Waals surface area contributed by atoms with E-state index in [9.17, 15) is 8.42 Å². The normalized spacial score (nSPS) is 11.2.